The Balaban J connectivity index is 3.46. The number of carbonyl (C=O) groups is 1. The van der Waals surface area contributed by atoms with Crippen molar-refractivity contribution in [2.24, 2.45) is 0 Å². The topological polar surface area (TPSA) is 69.6 Å². The third-order valence-electron chi connectivity index (χ3n) is 13.8. The van der Waals surface area contributed by atoms with Crippen molar-refractivity contribution in [3.05, 3.63) is 48.6 Å². The van der Waals surface area contributed by atoms with Crippen LogP contribution in [0.25, 0.3) is 0 Å². The van der Waals surface area contributed by atoms with Crippen LogP contribution in [0.4, 0.5) is 0 Å². The fourth-order valence-electron chi connectivity index (χ4n) is 9.25. The van der Waals surface area contributed by atoms with Gasteiger partial charge in [-0.25, -0.2) is 0 Å². The summed E-state index contributed by atoms with van der Waals surface area (Å²) in [7, 11) is 0. The zero-order chi connectivity index (χ0) is 47.7. The van der Waals surface area contributed by atoms with E-state index in [2.05, 4.69) is 55.6 Å². The lowest BCUT2D eigenvalue weighted by Crippen LogP contribution is -2.45. The lowest BCUT2D eigenvalue weighted by molar-refractivity contribution is -0.123. The number of carbonyl (C=O) groups excluding carboxylic acids is 1. The molecule has 4 heteroatoms. The van der Waals surface area contributed by atoms with Gasteiger partial charge in [-0.2, -0.15) is 0 Å². The monoisotopic (exact) mass is 924 g/mol. The first-order valence-corrected chi connectivity index (χ1v) is 29.9. The van der Waals surface area contributed by atoms with Gasteiger partial charge in [-0.15, -0.1) is 0 Å². The van der Waals surface area contributed by atoms with E-state index in [0.717, 1.165) is 38.5 Å². The van der Waals surface area contributed by atoms with Gasteiger partial charge in [-0.05, 0) is 57.8 Å². The first-order chi connectivity index (χ1) is 32.7. The molecule has 0 aromatic heterocycles. The van der Waals surface area contributed by atoms with Gasteiger partial charge in [0.05, 0.1) is 18.8 Å². The van der Waals surface area contributed by atoms with Gasteiger partial charge in [0.2, 0.25) is 5.91 Å². The van der Waals surface area contributed by atoms with Gasteiger partial charge in [-0.3, -0.25) is 4.79 Å². The largest absolute Gasteiger partial charge is 0.394 e. The molecule has 4 nitrogen and oxygen atoms in total. The number of amides is 1. The van der Waals surface area contributed by atoms with Crippen molar-refractivity contribution in [2.45, 2.75) is 334 Å². The lowest BCUT2D eigenvalue weighted by Gasteiger charge is -2.20. The first-order valence-electron chi connectivity index (χ1n) is 29.9. The van der Waals surface area contributed by atoms with Crippen LogP contribution >= 0.6 is 0 Å². The standard InChI is InChI=1S/C62H117NO3/c1-3-5-7-9-11-13-15-17-19-21-23-25-26-27-28-29-30-31-32-33-34-35-36-38-40-42-44-46-48-50-52-54-56-58-62(66)63-60(59-64)61(65)57-55-53-51-49-47-45-43-41-39-37-24-22-20-18-16-14-12-10-8-6-4-2/h15,17,21,23,26-27,55,57,60-61,64-65H,3-14,16,18-20,22,24-25,28-54,56,58-59H2,1-2H3,(H,63,66)/b17-15-,23-21-,27-26-,57-55+. The van der Waals surface area contributed by atoms with E-state index in [1.807, 2.05) is 6.08 Å². The summed E-state index contributed by atoms with van der Waals surface area (Å²) in [5.41, 5.74) is 0. The van der Waals surface area contributed by atoms with Crippen molar-refractivity contribution >= 4 is 5.91 Å². The van der Waals surface area contributed by atoms with E-state index in [1.165, 1.54) is 263 Å². The van der Waals surface area contributed by atoms with Crippen LogP contribution in [-0.2, 0) is 4.79 Å². The molecule has 0 saturated carbocycles. The summed E-state index contributed by atoms with van der Waals surface area (Å²) in [6.45, 7) is 4.33. The number of hydrogen-bond donors (Lipinski definition) is 3. The van der Waals surface area contributed by atoms with E-state index in [0.29, 0.717) is 6.42 Å². The summed E-state index contributed by atoms with van der Waals surface area (Å²) in [6.07, 6.45) is 80.0. The molecule has 0 aromatic carbocycles. The quantitative estimate of drug-likeness (QED) is 0.0420. The molecule has 2 unspecified atom stereocenters. The molecular weight excluding hydrogens is 807 g/mol. The number of unbranched alkanes of at least 4 members (excludes halogenated alkanes) is 42. The lowest BCUT2D eigenvalue weighted by atomic mass is 10.0. The predicted octanol–water partition coefficient (Wildman–Crippen LogP) is 19.8. The van der Waals surface area contributed by atoms with E-state index >= 15 is 0 Å². The van der Waals surface area contributed by atoms with E-state index in [9.17, 15) is 15.0 Å². The fourth-order valence-corrected chi connectivity index (χ4v) is 9.25. The Morgan fingerprint density at radius 1 is 0.364 bits per heavy atom. The van der Waals surface area contributed by atoms with Gasteiger partial charge in [0.15, 0.2) is 0 Å². The van der Waals surface area contributed by atoms with Gasteiger partial charge in [0.25, 0.3) is 0 Å². The summed E-state index contributed by atoms with van der Waals surface area (Å²) in [6, 6.07) is -0.623. The highest BCUT2D eigenvalue weighted by Gasteiger charge is 2.18. The van der Waals surface area contributed by atoms with Crippen molar-refractivity contribution in [3.63, 3.8) is 0 Å². The maximum atomic E-state index is 12.5. The van der Waals surface area contributed by atoms with E-state index in [-0.39, 0.29) is 12.5 Å². The molecule has 0 fully saturated rings. The molecule has 0 saturated heterocycles. The highest BCUT2D eigenvalue weighted by molar-refractivity contribution is 5.76. The molecule has 3 N–H and O–H groups in total. The van der Waals surface area contributed by atoms with Crippen LogP contribution in [0.2, 0.25) is 0 Å². The molecule has 0 aliphatic rings. The molecule has 0 bridgehead atoms. The van der Waals surface area contributed by atoms with Gasteiger partial charge in [0.1, 0.15) is 0 Å². The molecule has 0 heterocycles. The number of aliphatic hydroxyl groups is 2. The molecule has 1 amide bonds. The molecule has 388 valence electrons. The molecule has 66 heavy (non-hydrogen) atoms. The van der Waals surface area contributed by atoms with Gasteiger partial charge in [-0.1, -0.05) is 306 Å². The molecule has 0 rings (SSSR count). The average Bonchev–Trinajstić information content (AvgIpc) is 3.32. The SMILES string of the molecule is CCCCCCC/C=C\C/C=C\C/C=C\CCCCCCCCCCCCCCCCCCCCC(=O)NC(CO)C(O)/C=C/CCCCCCCCCCCCCCCCCCCCC. The highest BCUT2D eigenvalue weighted by Crippen LogP contribution is 2.17. The van der Waals surface area contributed by atoms with Crippen molar-refractivity contribution in [2.75, 3.05) is 6.61 Å². The summed E-state index contributed by atoms with van der Waals surface area (Å²) >= 11 is 0. The minimum absolute atomic E-state index is 0.0593. The Morgan fingerprint density at radius 3 is 0.924 bits per heavy atom. The fraction of sp³-hybridized carbons (Fsp3) is 0.855. The maximum Gasteiger partial charge on any atom is 0.220 e. The number of aliphatic hydroxyl groups excluding tert-OH is 2. The Bertz CT molecular complexity index is 1050. The Morgan fingerprint density at radius 2 is 0.621 bits per heavy atom. The number of hydrogen-bond acceptors (Lipinski definition) is 3. The number of nitrogens with one attached hydrogen (secondary N) is 1. The second-order valence-electron chi connectivity index (χ2n) is 20.4. The molecule has 0 aromatic rings. The van der Waals surface area contributed by atoms with Crippen molar-refractivity contribution in [1.82, 2.24) is 5.32 Å². The van der Waals surface area contributed by atoms with Crippen LogP contribution in [-0.4, -0.2) is 34.9 Å². The summed E-state index contributed by atoms with van der Waals surface area (Å²) in [5.74, 6) is -0.0593. The third kappa shape index (κ3) is 53.3. The van der Waals surface area contributed by atoms with Crippen molar-refractivity contribution < 1.29 is 15.0 Å². The number of rotatable bonds is 55. The van der Waals surface area contributed by atoms with Crippen LogP contribution in [0, 0.1) is 0 Å². The smallest absolute Gasteiger partial charge is 0.220 e. The maximum absolute atomic E-state index is 12.5. The van der Waals surface area contributed by atoms with Crippen LogP contribution in [0.5, 0.6) is 0 Å². The molecule has 0 aliphatic carbocycles. The Kier molecular flexibility index (Phi) is 56.2. The van der Waals surface area contributed by atoms with Gasteiger partial charge < -0.3 is 15.5 Å². The van der Waals surface area contributed by atoms with Gasteiger partial charge >= 0.3 is 0 Å². The van der Waals surface area contributed by atoms with Crippen LogP contribution in [0.3, 0.4) is 0 Å². The van der Waals surface area contributed by atoms with Gasteiger partial charge in [0, 0.05) is 6.42 Å². The highest BCUT2D eigenvalue weighted by atomic mass is 16.3. The normalized spacial score (nSPS) is 13.1. The summed E-state index contributed by atoms with van der Waals surface area (Å²) < 4.78 is 0. The molecule has 0 aliphatic heterocycles. The Labute approximate surface area is 414 Å². The van der Waals surface area contributed by atoms with Crippen LogP contribution in [0.1, 0.15) is 322 Å². The van der Waals surface area contributed by atoms with Crippen LogP contribution in [0.15, 0.2) is 48.6 Å². The predicted molar refractivity (Wildman–Crippen MR) is 295 cm³/mol. The zero-order valence-electron chi connectivity index (χ0n) is 44.7. The summed E-state index contributed by atoms with van der Waals surface area (Å²) in [5, 5.41) is 23.2. The van der Waals surface area contributed by atoms with E-state index in [4.69, 9.17) is 0 Å². The zero-order valence-corrected chi connectivity index (χ0v) is 44.7. The second-order valence-corrected chi connectivity index (χ2v) is 20.4. The Hall–Kier alpha value is -1.65. The first kappa shape index (κ1) is 64.3. The summed E-state index contributed by atoms with van der Waals surface area (Å²) in [4.78, 5) is 12.5. The van der Waals surface area contributed by atoms with E-state index in [1.54, 1.807) is 6.08 Å². The molecule has 2 atom stereocenters. The van der Waals surface area contributed by atoms with Crippen molar-refractivity contribution in [3.8, 4) is 0 Å². The van der Waals surface area contributed by atoms with Crippen LogP contribution < -0.4 is 5.32 Å². The van der Waals surface area contributed by atoms with E-state index < -0.39 is 12.1 Å². The third-order valence-corrected chi connectivity index (χ3v) is 13.8. The average molecular weight is 925 g/mol. The number of allylic oxidation sites excluding steroid dienone is 7. The second kappa shape index (κ2) is 57.7. The molecule has 0 radical (unpaired) electrons. The van der Waals surface area contributed by atoms with Crippen molar-refractivity contribution in [1.29, 1.82) is 0 Å². The molecule has 0 spiro atoms. The molecular formula is C62H117NO3. The minimum atomic E-state index is -0.840. The minimum Gasteiger partial charge on any atom is -0.394 e.